The molecule has 0 unspecified atom stereocenters. The lowest BCUT2D eigenvalue weighted by Crippen LogP contribution is -2.32. The van der Waals surface area contributed by atoms with Crippen molar-refractivity contribution in [2.45, 2.75) is 18.6 Å². The number of sulfone groups is 1. The molecule has 6 nitrogen and oxygen atoms in total. The maximum Gasteiger partial charge on any atom is 0.446 e. The second kappa shape index (κ2) is 6.50. The molecule has 0 aromatic rings. The molecule has 0 saturated heterocycles. The lowest BCUT2D eigenvalue weighted by molar-refractivity contribution is 0.137. The van der Waals surface area contributed by atoms with E-state index in [9.17, 15) is 13.2 Å². The van der Waals surface area contributed by atoms with E-state index in [1.807, 2.05) is 6.26 Å². The van der Waals surface area contributed by atoms with Crippen LogP contribution < -0.4 is 0 Å². The van der Waals surface area contributed by atoms with Crippen molar-refractivity contribution in [1.29, 1.82) is 0 Å². The number of carbonyl (C=O) groups excluding carboxylic acids is 1. The van der Waals surface area contributed by atoms with Gasteiger partial charge in [0.1, 0.15) is 4.75 Å². The number of amides is 1. The van der Waals surface area contributed by atoms with Crippen LogP contribution in [0.1, 0.15) is 13.8 Å². The molecule has 0 N–H and O–H groups in total. The molecule has 0 rings (SSSR count). The van der Waals surface area contributed by atoms with Gasteiger partial charge in [-0.1, -0.05) is 15.9 Å². The number of carbonyl (C=O) groups is 1. The molecule has 0 aromatic carbocycles. The monoisotopic (exact) mass is 300 g/mol. The smallest absolute Gasteiger partial charge is 0.298 e. The van der Waals surface area contributed by atoms with Gasteiger partial charge in [-0.2, -0.15) is 0 Å². The van der Waals surface area contributed by atoms with Crippen molar-refractivity contribution in [3.63, 3.8) is 0 Å². The van der Waals surface area contributed by atoms with Gasteiger partial charge in [0.2, 0.25) is 0 Å². The van der Waals surface area contributed by atoms with E-state index in [1.54, 1.807) is 0 Å². The summed E-state index contributed by atoms with van der Waals surface area (Å²) in [6, 6.07) is 0. The van der Waals surface area contributed by atoms with Crippen LogP contribution in [0.5, 0.6) is 0 Å². The normalized spacial score (nSPS) is 12.8. The number of hydrogen-bond donors (Lipinski definition) is 0. The largest absolute Gasteiger partial charge is 0.446 e. The van der Waals surface area contributed by atoms with Gasteiger partial charge >= 0.3 is 6.09 Å². The molecule has 0 saturated carbocycles. The summed E-state index contributed by atoms with van der Waals surface area (Å²) in [6.45, 7) is 2.94. The van der Waals surface area contributed by atoms with Gasteiger partial charge in [0.25, 0.3) is 0 Å². The molecule has 0 radical (unpaired) electrons. The second-order valence-corrected chi connectivity index (χ2v) is 8.78. The maximum absolute atomic E-state index is 11.3. The average Bonchev–Trinajstić information content (AvgIpc) is 2.15. The Bertz CT molecular complexity index is 392. The molecule has 0 aliphatic rings. The van der Waals surface area contributed by atoms with Crippen molar-refractivity contribution < 1.29 is 18.0 Å². The third kappa shape index (κ3) is 5.64. The third-order valence-electron chi connectivity index (χ3n) is 1.89. The van der Waals surface area contributed by atoms with Gasteiger partial charge in [0.15, 0.2) is 9.84 Å². The Hall–Kier alpha value is -0.410. The van der Waals surface area contributed by atoms with E-state index in [0.29, 0.717) is 0 Å². The summed E-state index contributed by atoms with van der Waals surface area (Å²) in [5.41, 5.74) is 0. The lowest BCUT2D eigenvalue weighted by Gasteiger charge is -2.16. The van der Waals surface area contributed by atoms with E-state index >= 15 is 0 Å². The van der Waals surface area contributed by atoms with E-state index < -0.39 is 20.7 Å². The van der Waals surface area contributed by atoms with Crippen LogP contribution in [0.2, 0.25) is 0 Å². The first-order valence-corrected chi connectivity index (χ1v) is 8.92. The highest BCUT2D eigenvalue weighted by Gasteiger charge is 2.28. The van der Waals surface area contributed by atoms with Gasteiger partial charge < -0.3 is 0 Å². The predicted octanol–water partition coefficient (Wildman–Crippen LogP) is 1.79. The Morgan fingerprint density at radius 2 is 2.00 bits per heavy atom. The molecule has 0 aromatic heterocycles. The topological polar surface area (TPSA) is 76.0 Å². The lowest BCUT2D eigenvalue weighted by atomic mass is 10.2. The van der Waals surface area contributed by atoms with E-state index in [-0.39, 0.29) is 0 Å². The molecular weight excluding hydrogens is 284 g/mol. The zero-order valence-corrected chi connectivity index (χ0v) is 12.8. The molecule has 0 aliphatic heterocycles. The Balaban J connectivity index is 4.44. The predicted molar refractivity (Wildman–Crippen MR) is 72.8 cm³/mol. The standard InChI is InChI=1S/C8H16N2O4S3/c1-8(2,17(5,12)13)6-9-14-7(11)10(3)16-15-4/h6H,1-5H3. The first kappa shape index (κ1) is 16.6. The van der Waals surface area contributed by atoms with Gasteiger partial charge in [0.05, 0.1) is 6.21 Å². The molecule has 0 bridgehead atoms. The SMILES string of the molecule is CSSN(C)C(=O)ON=CC(C)(C)S(C)(=O)=O. The molecule has 0 atom stereocenters. The summed E-state index contributed by atoms with van der Waals surface area (Å²) in [7, 11) is 0.796. The van der Waals surface area contributed by atoms with Gasteiger partial charge in [0, 0.05) is 24.3 Å². The number of hydrogen-bond acceptors (Lipinski definition) is 7. The number of rotatable bonds is 5. The highest BCUT2D eigenvalue weighted by Crippen LogP contribution is 2.21. The summed E-state index contributed by atoms with van der Waals surface area (Å²) in [5, 5.41) is 3.39. The minimum atomic E-state index is -3.29. The molecule has 1 amide bonds. The van der Waals surface area contributed by atoms with E-state index in [0.717, 1.165) is 12.5 Å². The van der Waals surface area contributed by atoms with Crippen molar-refractivity contribution >= 4 is 43.9 Å². The van der Waals surface area contributed by atoms with Crippen molar-refractivity contribution in [2.75, 3.05) is 19.6 Å². The fourth-order valence-corrected chi connectivity index (χ4v) is 1.90. The Morgan fingerprint density at radius 3 is 2.41 bits per heavy atom. The minimum absolute atomic E-state index is 0.662. The molecule has 17 heavy (non-hydrogen) atoms. The Morgan fingerprint density at radius 1 is 1.47 bits per heavy atom. The van der Waals surface area contributed by atoms with Crippen LogP contribution in [0.15, 0.2) is 5.16 Å². The fourth-order valence-electron chi connectivity index (χ4n) is 0.494. The van der Waals surface area contributed by atoms with Crippen LogP contribution in [-0.4, -0.2) is 49.3 Å². The van der Waals surface area contributed by atoms with E-state index in [2.05, 4.69) is 9.99 Å². The van der Waals surface area contributed by atoms with E-state index in [4.69, 9.17) is 0 Å². The molecule has 0 aliphatic carbocycles. The van der Waals surface area contributed by atoms with Crippen LogP contribution in [0.3, 0.4) is 0 Å². The first-order valence-electron chi connectivity index (χ1n) is 4.51. The van der Waals surface area contributed by atoms with Crippen molar-refractivity contribution in [1.82, 2.24) is 4.31 Å². The van der Waals surface area contributed by atoms with Crippen LogP contribution in [-0.2, 0) is 14.7 Å². The van der Waals surface area contributed by atoms with Crippen molar-refractivity contribution in [2.24, 2.45) is 5.16 Å². The summed E-state index contributed by atoms with van der Waals surface area (Å²) < 4.78 is 22.7. The van der Waals surface area contributed by atoms with Crippen LogP contribution in [0.4, 0.5) is 4.79 Å². The molecule has 9 heteroatoms. The number of nitrogens with zero attached hydrogens (tertiary/aromatic N) is 2. The summed E-state index contributed by atoms with van der Waals surface area (Å²) in [5.74, 6) is 0. The third-order valence-corrected chi connectivity index (χ3v) is 5.55. The molecule has 0 heterocycles. The van der Waals surface area contributed by atoms with Gasteiger partial charge in [-0.3, -0.25) is 4.84 Å². The summed E-state index contributed by atoms with van der Waals surface area (Å²) in [6.07, 6.45) is 3.34. The number of oxime groups is 1. The molecule has 0 fully saturated rings. The van der Waals surface area contributed by atoms with E-state index in [1.165, 1.54) is 47.0 Å². The summed E-state index contributed by atoms with van der Waals surface area (Å²) >= 11 is 0. The quantitative estimate of drug-likeness (QED) is 0.253. The van der Waals surface area contributed by atoms with Crippen LogP contribution in [0.25, 0.3) is 0 Å². The first-order chi connectivity index (χ1) is 7.62. The van der Waals surface area contributed by atoms with Gasteiger partial charge in [-0.25, -0.2) is 17.5 Å². The highest BCUT2D eigenvalue weighted by molar-refractivity contribution is 8.75. The van der Waals surface area contributed by atoms with Crippen molar-refractivity contribution in [3.8, 4) is 0 Å². The average molecular weight is 300 g/mol. The zero-order chi connectivity index (χ0) is 13.7. The molecule has 100 valence electrons. The summed E-state index contributed by atoms with van der Waals surface area (Å²) in [4.78, 5) is 15.8. The van der Waals surface area contributed by atoms with Crippen LogP contribution in [0, 0.1) is 0 Å². The second-order valence-electron chi connectivity index (χ2n) is 3.71. The van der Waals surface area contributed by atoms with Crippen molar-refractivity contribution in [3.05, 3.63) is 0 Å². The Labute approximate surface area is 110 Å². The molecule has 0 spiro atoms. The zero-order valence-electron chi connectivity index (χ0n) is 10.3. The highest BCUT2D eigenvalue weighted by atomic mass is 33.1. The minimum Gasteiger partial charge on any atom is -0.298 e. The fraction of sp³-hybridized carbons (Fsp3) is 0.750. The Kier molecular flexibility index (Phi) is 6.35. The van der Waals surface area contributed by atoms with Crippen LogP contribution >= 0.6 is 21.8 Å². The van der Waals surface area contributed by atoms with Gasteiger partial charge in [-0.15, -0.1) is 0 Å². The molecular formula is C8H16N2O4S3. The van der Waals surface area contributed by atoms with Gasteiger partial charge in [-0.05, 0) is 20.1 Å². The maximum atomic E-state index is 11.3.